The smallest absolute Gasteiger partial charge is 0.311 e. The van der Waals surface area contributed by atoms with Crippen molar-refractivity contribution in [3.63, 3.8) is 0 Å². The fraction of sp³-hybridized carbons (Fsp3) is 0.400. The van der Waals surface area contributed by atoms with Crippen LogP contribution in [0.25, 0.3) is 0 Å². The highest BCUT2D eigenvalue weighted by Crippen LogP contribution is 2.78. The molecule has 1 saturated heterocycles. The van der Waals surface area contributed by atoms with E-state index in [1.807, 2.05) is 0 Å². The average Bonchev–Trinajstić information content (AvgIpc) is 2.77. The molecule has 2 heterocycles. The molecule has 2 aliphatic heterocycles. The molecule has 6 nitrogen and oxygen atoms in total. The highest BCUT2D eigenvalue weighted by atomic mass is 19.1. The number of ether oxygens (including phenoxy) is 2. The summed E-state index contributed by atoms with van der Waals surface area (Å²) in [5.41, 5.74) is 4.17. The Labute approximate surface area is 125 Å². The van der Waals surface area contributed by atoms with Gasteiger partial charge in [-0.1, -0.05) is 12.1 Å². The Morgan fingerprint density at radius 3 is 2.36 bits per heavy atom. The fourth-order valence-corrected chi connectivity index (χ4v) is 3.97. The molecule has 0 unspecified atom stereocenters. The number of nitrogens with two attached hydrogens (primary N) is 1. The van der Waals surface area contributed by atoms with Gasteiger partial charge in [-0.15, -0.1) is 0 Å². The Balaban J connectivity index is 1.92. The Hall–Kier alpha value is -2.48. The lowest BCUT2D eigenvalue weighted by atomic mass is 9.94. The molecule has 0 aromatic heterocycles. The van der Waals surface area contributed by atoms with E-state index >= 15 is 0 Å². The molecule has 4 rings (SSSR count). The first-order valence-corrected chi connectivity index (χ1v) is 6.85. The van der Waals surface area contributed by atoms with Crippen molar-refractivity contribution in [1.29, 1.82) is 10.5 Å². The number of nitriles is 2. The van der Waals surface area contributed by atoms with Gasteiger partial charge in [-0.3, -0.25) is 5.73 Å². The summed E-state index contributed by atoms with van der Waals surface area (Å²) in [6.07, 6.45) is 0. The topological polar surface area (TPSA) is 106 Å². The maximum absolute atomic E-state index is 13.2. The molecule has 1 saturated carbocycles. The van der Waals surface area contributed by atoms with Gasteiger partial charge in [0.15, 0.2) is 10.8 Å². The molecule has 0 bridgehead atoms. The molecule has 22 heavy (non-hydrogen) atoms. The molecule has 0 radical (unpaired) electrons. The lowest BCUT2D eigenvalue weighted by molar-refractivity contribution is -0.676. The molecule has 3 aliphatic rings. The number of fused-ring (bicyclic) bond motifs is 2. The highest BCUT2D eigenvalue weighted by Gasteiger charge is 2.97. The third-order valence-electron chi connectivity index (χ3n) is 4.90. The average molecular weight is 299 g/mol. The quantitative estimate of drug-likeness (QED) is 0.698. The standard InChI is InChI=1S/C15H11FN4O2/c16-10-3-1-9(2-4-10)11-13(7-17)12(19)20-15(14(11,13)8-18)21-5-6-22-15/h1-4,11H,5-6H2,(H2,19,20)/p+1/t11-,13+,14+/m0/s1. The summed E-state index contributed by atoms with van der Waals surface area (Å²) in [5.74, 6) is -2.17. The van der Waals surface area contributed by atoms with Crippen molar-refractivity contribution >= 4 is 5.84 Å². The van der Waals surface area contributed by atoms with E-state index in [0.717, 1.165) is 0 Å². The zero-order chi connectivity index (χ0) is 15.6. The summed E-state index contributed by atoms with van der Waals surface area (Å²) in [6, 6.07) is 10.1. The van der Waals surface area contributed by atoms with Crippen molar-refractivity contribution in [2.75, 3.05) is 13.2 Å². The first kappa shape index (κ1) is 13.2. The molecule has 2 fully saturated rings. The van der Waals surface area contributed by atoms with Crippen molar-refractivity contribution in [2.24, 2.45) is 16.6 Å². The second-order valence-corrected chi connectivity index (χ2v) is 5.68. The van der Waals surface area contributed by atoms with Crippen LogP contribution < -0.4 is 10.7 Å². The van der Waals surface area contributed by atoms with Gasteiger partial charge >= 0.3 is 5.91 Å². The molecular formula is C15H12FN4O2+. The summed E-state index contributed by atoms with van der Waals surface area (Å²) in [5, 5.41) is 19.6. The van der Waals surface area contributed by atoms with E-state index in [-0.39, 0.29) is 11.7 Å². The summed E-state index contributed by atoms with van der Waals surface area (Å²) in [7, 11) is 0. The van der Waals surface area contributed by atoms with Gasteiger partial charge < -0.3 is 9.47 Å². The van der Waals surface area contributed by atoms with Gasteiger partial charge in [-0.05, 0) is 17.7 Å². The molecule has 3 atom stereocenters. The van der Waals surface area contributed by atoms with E-state index in [9.17, 15) is 14.9 Å². The third kappa shape index (κ3) is 1.11. The van der Waals surface area contributed by atoms with Crippen LogP contribution in [0.1, 0.15) is 11.5 Å². The van der Waals surface area contributed by atoms with E-state index in [2.05, 4.69) is 17.1 Å². The molecule has 110 valence electrons. The van der Waals surface area contributed by atoms with Crippen LogP contribution in [0.2, 0.25) is 0 Å². The molecule has 1 spiro atoms. The minimum absolute atomic E-state index is 0.160. The normalized spacial score (nSPS) is 37.2. The number of hydrogen-bond donors (Lipinski definition) is 2. The first-order valence-electron chi connectivity index (χ1n) is 6.85. The van der Waals surface area contributed by atoms with Crippen molar-refractivity contribution in [3.05, 3.63) is 35.6 Å². The van der Waals surface area contributed by atoms with Gasteiger partial charge in [-0.25, -0.2) is 9.38 Å². The van der Waals surface area contributed by atoms with Crippen molar-refractivity contribution < 1.29 is 18.9 Å². The van der Waals surface area contributed by atoms with E-state index in [4.69, 9.17) is 15.2 Å². The van der Waals surface area contributed by atoms with Crippen LogP contribution in [0, 0.1) is 39.3 Å². The van der Waals surface area contributed by atoms with Crippen molar-refractivity contribution in [2.45, 2.75) is 11.8 Å². The lowest BCUT2D eigenvalue weighted by Crippen LogP contribution is -2.89. The predicted octanol–water partition coefficient (Wildman–Crippen LogP) is -0.905. The van der Waals surface area contributed by atoms with Crippen LogP contribution in [0.15, 0.2) is 24.3 Å². The monoisotopic (exact) mass is 299 g/mol. The van der Waals surface area contributed by atoms with Crippen LogP contribution in [-0.4, -0.2) is 25.0 Å². The number of halogens is 1. The summed E-state index contributed by atoms with van der Waals surface area (Å²) >= 11 is 0. The Kier molecular flexibility index (Phi) is 2.30. The zero-order valence-corrected chi connectivity index (χ0v) is 11.5. The van der Waals surface area contributed by atoms with Crippen LogP contribution in [0.5, 0.6) is 0 Å². The van der Waals surface area contributed by atoms with Gasteiger partial charge in [0, 0.05) is 5.92 Å². The number of rotatable bonds is 1. The first-order chi connectivity index (χ1) is 10.6. The van der Waals surface area contributed by atoms with Gasteiger partial charge in [0.2, 0.25) is 0 Å². The summed E-state index contributed by atoms with van der Waals surface area (Å²) in [4.78, 5) is 2.85. The molecule has 1 aliphatic carbocycles. The second-order valence-electron chi connectivity index (χ2n) is 5.68. The maximum atomic E-state index is 13.2. The predicted molar refractivity (Wildman–Crippen MR) is 70.0 cm³/mol. The van der Waals surface area contributed by atoms with E-state index in [1.54, 1.807) is 12.1 Å². The van der Waals surface area contributed by atoms with Gasteiger partial charge in [0.05, 0.1) is 25.4 Å². The molecule has 7 heteroatoms. The van der Waals surface area contributed by atoms with E-state index < -0.39 is 22.7 Å². The minimum atomic E-state index is -1.42. The number of hydrogen-bond acceptors (Lipinski definition) is 5. The Morgan fingerprint density at radius 1 is 1.18 bits per heavy atom. The van der Waals surface area contributed by atoms with Crippen LogP contribution in [0.3, 0.4) is 0 Å². The molecule has 0 amide bonds. The van der Waals surface area contributed by atoms with Crippen LogP contribution in [-0.2, 0) is 9.47 Å². The SMILES string of the molecule is N#C[C@@]12C(N)=[NH+]C3(OCCO3)[C@]1(C#N)[C@H]2c1ccc(F)cc1. The van der Waals surface area contributed by atoms with Gasteiger partial charge in [-0.2, -0.15) is 10.5 Å². The second kappa shape index (κ2) is 3.83. The fourth-order valence-electron chi connectivity index (χ4n) is 3.97. The zero-order valence-electron chi connectivity index (χ0n) is 11.5. The molecule has 1 aromatic carbocycles. The largest absolute Gasteiger partial charge is 0.343 e. The van der Waals surface area contributed by atoms with Crippen molar-refractivity contribution in [3.8, 4) is 12.1 Å². The third-order valence-corrected chi connectivity index (χ3v) is 4.90. The Morgan fingerprint density at radius 2 is 1.82 bits per heavy atom. The Bertz CT molecular complexity index is 772. The number of benzene rings is 1. The number of nitrogens with one attached hydrogen (secondary N) is 1. The molecular weight excluding hydrogens is 287 g/mol. The maximum Gasteiger partial charge on any atom is 0.343 e. The van der Waals surface area contributed by atoms with Gasteiger partial charge in [0.25, 0.3) is 5.84 Å². The van der Waals surface area contributed by atoms with Crippen LogP contribution >= 0.6 is 0 Å². The molecule has 3 N–H and O–H groups in total. The van der Waals surface area contributed by atoms with E-state index in [0.29, 0.717) is 18.8 Å². The van der Waals surface area contributed by atoms with Crippen LogP contribution in [0.4, 0.5) is 4.39 Å². The minimum Gasteiger partial charge on any atom is -0.311 e. The summed E-state index contributed by atoms with van der Waals surface area (Å²) in [6.45, 7) is 0.614. The summed E-state index contributed by atoms with van der Waals surface area (Å²) < 4.78 is 24.4. The van der Waals surface area contributed by atoms with Crippen molar-refractivity contribution in [1.82, 2.24) is 0 Å². The number of amidine groups is 1. The lowest BCUT2D eigenvalue weighted by Gasteiger charge is -2.23. The highest BCUT2D eigenvalue weighted by molar-refractivity contribution is 5.95. The van der Waals surface area contributed by atoms with Gasteiger partial charge in [0.1, 0.15) is 5.82 Å². The van der Waals surface area contributed by atoms with E-state index in [1.165, 1.54) is 12.1 Å². The number of nitrogens with zero attached hydrogens (tertiary/aromatic N) is 2. The molecule has 1 aromatic rings.